The maximum atomic E-state index is 14.1. The molecule has 9 heteroatoms. The number of methoxy groups -OCH3 is 1. The van der Waals surface area contributed by atoms with Crippen LogP contribution >= 0.6 is 11.6 Å². The van der Waals surface area contributed by atoms with E-state index in [2.05, 4.69) is 10.6 Å². The fourth-order valence-electron chi connectivity index (χ4n) is 6.67. The molecule has 5 atom stereocenters. The van der Waals surface area contributed by atoms with Crippen molar-refractivity contribution in [3.8, 4) is 5.75 Å². The third kappa shape index (κ3) is 4.49. The second kappa shape index (κ2) is 10.3. The van der Waals surface area contributed by atoms with E-state index in [0.717, 1.165) is 37.7 Å². The molecule has 1 aliphatic carbocycles. The zero-order valence-corrected chi connectivity index (χ0v) is 22.5. The van der Waals surface area contributed by atoms with Crippen LogP contribution in [0.15, 0.2) is 60.7 Å². The number of likely N-dealkylation sites (tertiary alicyclic amines) is 1. The van der Waals surface area contributed by atoms with Crippen LogP contribution in [0.2, 0.25) is 5.02 Å². The van der Waals surface area contributed by atoms with Gasteiger partial charge in [-0.05, 0) is 48.7 Å². The Balaban J connectivity index is 1.32. The minimum Gasteiger partial charge on any atom is -0.497 e. The van der Waals surface area contributed by atoms with Gasteiger partial charge in [0.15, 0.2) is 0 Å². The maximum absolute atomic E-state index is 14.1. The van der Waals surface area contributed by atoms with Gasteiger partial charge in [-0.2, -0.15) is 0 Å². The number of anilines is 1. The van der Waals surface area contributed by atoms with Crippen molar-refractivity contribution in [2.45, 2.75) is 62.4 Å². The van der Waals surface area contributed by atoms with Gasteiger partial charge < -0.3 is 25.0 Å². The van der Waals surface area contributed by atoms with Crippen molar-refractivity contribution < 1.29 is 23.9 Å². The van der Waals surface area contributed by atoms with E-state index in [9.17, 15) is 14.4 Å². The Morgan fingerprint density at radius 1 is 1.08 bits per heavy atom. The van der Waals surface area contributed by atoms with Gasteiger partial charge in [-0.1, -0.05) is 61.2 Å². The van der Waals surface area contributed by atoms with Gasteiger partial charge in [-0.25, -0.2) is 0 Å². The van der Waals surface area contributed by atoms with Crippen LogP contribution in [-0.4, -0.2) is 53.5 Å². The summed E-state index contributed by atoms with van der Waals surface area (Å²) in [6.07, 6.45) is 8.19. The van der Waals surface area contributed by atoms with E-state index in [1.807, 2.05) is 30.4 Å². The lowest BCUT2D eigenvalue weighted by Gasteiger charge is -2.34. The lowest BCUT2D eigenvalue weighted by Crippen LogP contribution is -2.56. The second-order valence-corrected chi connectivity index (χ2v) is 11.2. The summed E-state index contributed by atoms with van der Waals surface area (Å²) in [5.41, 5.74) is 0.104. The first-order valence-electron chi connectivity index (χ1n) is 13.6. The highest BCUT2D eigenvalue weighted by Gasteiger charge is 2.72. The summed E-state index contributed by atoms with van der Waals surface area (Å²) >= 11 is 6.46. The molecule has 6 rings (SSSR count). The summed E-state index contributed by atoms with van der Waals surface area (Å²) in [5, 5.41) is 6.65. The molecule has 3 aliphatic heterocycles. The third-order valence-electron chi connectivity index (χ3n) is 8.53. The van der Waals surface area contributed by atoms with Gasteiger partial charge in [-0.3, -0.25) is 14.4 Å². The Bertz CT molecular complexity index is 1310. The number of benzene rings is 2. The van der Waals surface area contributed by atoms with Crippen LogP contribution in [0.5, 0.6) is 5.75 Å². The quantitative estimate of drug-likeness (QED) is 0.507. The first kappa shape index (κ1) is 25.9. The molecule has 2 aromatic rings. The molecule has 3 fully saturated rings. The summed E-state index contributed by atoms with van der Waals surface area (Å²) in [6.45, 7) is 0.147. The lowest BCUT2D eigenvalue weighted by atomic mass is 9.74. The molecule has 2 N–H and O–H groups in total. The molecule has 1 saturated carbocycles. The van der Waals surface area contributed by atoms with E-state index >= 15 is 0 Å². The summed E-state index contributed by atoms with van der Waals surface area (Å²) < 4.78 is 11.6. The Kier molecular flexibility index (Phi) is 6.85. The van der Waals surface area contributed by atoms with Crippen molar-refractivity contribution in [3.63, 3.8) is 0 Å². The minimum absolute atomic E-state index is 0.0655. The van der Waals surface area contributed by atoms with Crippen molar-refractivity contribution in [1.82, 2.24) is 10.2 Å². The van der Waals surface area contributed by atoms with Crippen LogP contribution < -0.4 is 15.4 Å². The number of hydrogen-bond acceptors (Lipinski definition) is 5. The van der Waals surface area contributed by atoms with E-state index in [1.54, 1.807) is 42.3 Å². The Morgan fingerprint density at radius 3 is 2.54 bits per heavy atom. The highest BCUT2D eigenvalue weighted by molar-refractivity contribution is 6.31. The van der Waals surface area contributed by atoms with Gasteiger partial charge in [0, 0.05) is 23.3 Å². The van der Waals surface area contributed by atoms with Crippen LogP contribution in [0.1, 0.15) is 37.7 Å². The Labute approximate surface area is 232 Å². The number of nitrogens with one attached hydrogen (secondary N) is 2. The predicted molar refractivity (Wildman–Crippen MR) is 146 cm³/mol. The van der Waals surface area contributed by atoms with Gasteiger partial charge in [0.05, 0.1) is 25.0 Å². The van der Waals surface area contributed by atoms with Gasteiger partial charge in [0.25, 0.3) is 0 Å². The molecule has 39 heavy (non-hydrogen) atoms. The summed E-state index contributed by atoms with van der Waals surface area (Å²) in [6, 6.07) is 13.5. The zero-order valence-electron chi connectivity index (χ0n) is 21.8. The van der Waals surface area contributed by atoms with E-state index in [0.29, 0.717) is 16.5 Å². The number of hydrogen-bond donors (Lipinski definition) is 2. The molecular formula is C30H32ClN3O5. The standard InChI is InChI=1S/C30H32ClN3O5/c1-38-21-13-11-20(12-14-21)32-27(35)24-23-15-16-30(39-23)25(24)29(37)34(17-18-7-5-6-10-22(18)31)26(30)28(36)33-19-8-3-2-4-9-19/h5-7,10-16,19,23-26H,2-4,8-9,17H2,1H3,(H,32,35)(H,33,36)/t23-,24?,25-,26?,30?/m0/s1. The molecule has 3 heterocycles. The number of halogens is 1. The van der Waals surface area contributed by atoms with Gasteiger partial charge in [0.2, 0.25) is 17.7 Å². The molecule has 4 aliphatic rings. The largest absolute Gasteiger partial charge is 0.497 e. The van der Waals surface area contributed by atoms with Crippen molar-refractivity contribution in [3.05, 3.63) is 71.3 Å². The van der Waals surface area contributed by atoms with Gasteiger partial charge >= 0.3 is 0 Å². The van der Waals surface area contributed by atoms with E-state index in [4.69, 9.17) is 21.1 Å². The number of nitrogens with zero attached hydrogens (tertiary/aromatic N) is 1. The van der Waals surface area contributed by atoms with Gasteiger partial charge in [0.1, 0.15) is 17.4 Å². The molecular weight excluding hydrogens is 518 g/mol. The molecule has 3 unspecified atom stereocenters. The van der Waals surface area contributed by atoms with Crippen molar-refractivity contribution in [2.75, 3.05) is 12.4 Å². The first-order chi connectivity index (χ1) is 18.9. The molecule has 0 aromatic heterocycles. The van der Waals surface area contributed by atoms with Gasteiger partial charge in [-0.15, -0.1) is 0 Å². The molecule has 0 radical (unpaired) electrons. The fraction of sp³-hybridized carbons (Fsp3) is 0.433. The van der Waals surface area contributed by atoms with Crippen LogP contribution in [0.3, 0.4) is 0 Å². The smallest absolute Gasteiger partial charge is 0.246 e. The van der Waals surface area contributed by atoms with E-state index < -0.39 is 29.6 Å². The monoisotopic (exact) mass is 549 g/mol. The van der Waals surface area contributed by atoms with E-state index in [1.165, 1.54) is 0 Å². The van der Waals surface area contributed by atoms with Crippen molar-refractivity contribution in [1.29, 1.82) is 0 Å². The molecule has 204 valence electrons. The summed E-state index contributed by atoms with van der Waals surface area (Å²) in [4.78, 5) is 43.2. The predicted octanol–water partition coefficient (Wildman–Crippen LogP) is 4.09. The number of rotatable bonds is 7. The van der Waals surface area contributed by atoms with Crippen LogP contribution in [-0.2, 0) is 25.7 Å². The topological polar surface area (TPSA) is 97.0 Å². The number of carbonyl (C=O) groups excluding carboxylic acids is 3. The highest BCUT2D eigenvalue weighted by atomic mass is 35.5. The number of carbonyl (C=O) groups is 3. The maximum Gasteiger partial charge on any atom is 0.246 e. The van der Waals surface area contributed by atoms with Crippen LogP contribution in [0.4, 0.5) is 5.69 Å². The first-order valence-corrected chi connectivity index (χ1v) is 14.0. The average molecular weight is 550 g/mol. The van der Waals surface area contributed by atoms with Crippen LogP contribution in [0, 0.1) is 11.8 Å². The van der Waals surface area contributed by atoms with E-state index in [-0.39, 0.29) is 30.3 Å². The average Bonchev–Trinajstić information content (AvgIpc) is 3.58. The Hall–Kier alpha value is -3.36. The Morgan fingerprint density at radius 2 is 1.82 bits per heavy atom. The normalized spacial score (nSPS) is 29.4. The van der Waals surface area contributed by atoms with Crippen molar-refractivity contribution >= 4 is 35.0 Å². The molecule has 2 aromatic carbocycles. The number of amides is 3. The molecule has 8 nitrogen and oxygen atoms in total. The fourth-order valence-corrected chi connectivity index (χ4v) is 6.87. The van der Waals surface area contributed by atoms with Crippen molar-refractivity contribution in [2.24, 2.45) is 11.8 Å². The zero-order chi connectivity index (χ0) is 27.1. The lowest BCUT2D eigenvalue weighted by molar-refractivity contribution is -0.142. The second-order valence-electron chi connectivity index (χ2n) is 10.8. The summed E-state index contributed by atoms with van der Waals surface area (Å²) in [5.74, 6) is -1.76. The highest BCUT2D eigenvalue weighted by Crippen LogP contribution is 2.55. The third-order valence-corrected chi connectivity index (χ3v) is 8.90. The van der Waals surface area contributed by atoms with Crippen LogP contribution in [0.25, 0.3) is 0 Å². The SMILES string of the molecule is COc1ccc(NC(=O)C2[C@@H]3C=CC4(O3)C(C(=O)NC3CCCCC3)N(Cc3ccccc3Cl)C(=O)[C@H]24)cc1. The number of ether oxygens (including phenoxy) is 2. The minimum atomic E-state index is -1.22. The number of fused-ring (bicyclic) bond motifs is 1. The molecule has 1 spiro atoms. The molecule has 3 amide bonds. The molecule has 2 saturated heterocycles. The molecule has 2 bridgehead atoms. The summed E-state index contributed by atoms with van der Waals surface area (Å²) in [7, 11) is 1.58.